The van der Waals surface area contributed by atoms with Gasteiger partial charge in [0.05, 0.1) is 11.4 Å². The van der Waals surface area contributed by atoms with E-state index in [-0.39, 0.29) is 0 Å². The number of pyridine rings is 1. The molecule has 0 unspecified atom stereocenters. The molecule has 4 nitrogen and oxygen atoms in total. The van der Waals surface area contributed by atoms with Crippen LogP contribution in [0.3, 0.4) is 0 Å². The van der Waals surface area contributed by atoms with E-state index in [9.17, 15) is 0 Å². The van der Waals surface area contributed by atoms with Gasteiger partial charge in [0.15, 0.2) is 0 Å². The highest BCUT2D eigenvalue weighted by molar-refractivity contribution is 5.33. The normalized spacial score (nSPS) is 10.8. The Morgan fingerprint density at radius 3 is 2.89 bits per heavy atom. The van der Waals surface area contributed by atoms with Crippen LogP contribution in [0, 0.1) is 0 Å². The van der Waals surface area contributed by atoms with Crippen LogP contribution in [-0.2, 0) is 13.0 Å². The van der Waals surface area contributed by atoms with Crippen molar-refractivity contribution in [2.45, 2.75) is 33.2 Å². The van der Waals surface area contributed by atoms with E-state index in [1.165, 1.54) is 0 Å². The minimum Gasteiger partial charge on any atom is -0.311 e. The molecule has 0 saturated heterocycles. The van der Waals surface area contributed by atoms with Gasteiger partial charge in [-0.3, -0.25) is 4.98 Å². The van der Waals surface area contributed by atoms with E-state index >= 15 is 0 Å². The van der Waals surface area contributed by atoms with Crippen molar-refractivity contribution in [1.29, 1.82) is 0 Å². The Labute approximate surface area is 108 Å². The maximum Gasteiger partial charge on any atom is 0.112 e. The molecule has 0 bridgehead atoms. The third kappa shape index (κ3) is 2.96. The molecule has 0 atom stereocenters. The highest BCUT2D eigenvalue weighted by atomic mass is 15.1. The van der Waals surface area contributed by atoms with Crippen LogP contribution >= 0.6 is 0 Å². The number of hydrogen-bond acceptors (Lipinski definition) is 3. The summed E-state index contributed by atoms with van der Waals surface area (Å²) < 4.78 is 2.12. The number of aryl methyl sites for hydroxylation is 1. The lowest BCUT2D eigenvalue weighted by molar-refractivity contribution is 0.663. The van der Waals surface area contributed by atoms with E-state index in [1.54, 1.807) is 0 Å². The number of hydrogen-bond donors (Lipinski definition) is 1. The lowest BCUT2D eigenvalue weighted by Gasteiger charge is -2.08. The van der Waals surface area contributed by atoms with Crippen LogP contribution in [0.2, 0.25) is 0 Å². The largest absolute Gasteiger partial charge is 0.311 e. The quantitative estimate of drug-likeness (QED) is 0.793. The zero-order valence-electron chi connectivity index (χ0n) is 11.1. The van der Waals surface area contributed by atoms with Crippen molar-refractivity contribution in [3.05, 3.63) is 42.2 Å². The molecule has 0 amide bonds. The molecule has 0 spiro atoms. The van der Waals surface area contributed by atoms with Gasteiger partial charge in [0.2, 0.25) is 0 Å². The van der Waals surface area contributed by atoms with Gasteiger partial charge in [-0.1, -0.05) is 13.8 Å². The Kier molecular flexibility index (Phi) is 4.47. The summed E-state index contributed by atoms with van der Waals surface area (Å²) in [6, 6.07) is 4.13. The van der Waals surface area contributed by atoms with Gasteiger partial charge in [0, 0.05) is 31.6 Å². The summed E-state index contributed by atoms with van der Waals surface area (Å²) in [6.07, 6.45) is 7.77. The van der Waals surface area contributed by atoms with Crippen molar-refractivity contribution in [3.63, 3.8) is 0 Å². The zero-order chi connectivity index (χ0) is 12.8. The average Bonchev–Trinajstić information content (AvgIpc) is 2.88. The molecule has 2 aromatic rings. The summed E-state index contributed by atoms with van der Waals surface area (Å²) in [5.41, 5.74) is 2.20. The Morgan fingerprint density at radius 1 is 1.22 bits per heavy atom. The molecule has 0 fully saturated rings. The molecule has 0 saturated carbocycles. The summed E-state index contributed by atoms with van der Waals surface area (Å²) in [6.45, 7) is 6.12. The van der Waals surface area contributed by atoms with Crippen molar-refractivity contribution in [1.82, 2.24) is 19.9 Å². The van der Waals surface area contributed by atoms with Crippen LogP contribution in [0.5, 0.6) is 0 Å². The van der Waals surface area contributed by atoms with Gasteiger partial charge < -0.3 is 9.88 Å². The van der Waals surface area contributed by atoms with Gasteiger partial charge in [-0.2, -0.15) is 0 Å². The number of nitrogens with one attached hydrogen (secondary N) is 1. The lowest BCUT2D eigenvalue weighted by Crippen LogP contribution is -2.15. The third-order valence-electron chi connectivity index (χ3n) is 2.84. The van der Waals surface area contributed by atoms with Crippen molar-refractivity contribution in [2.24, 2.45) is 0 Å². The minimum atomic E-state index is 0.817. The summed E-state index contributed by atoms with van der Waals surface area (Å²) in [5.74, 6) is 1.08. The van der Waals surface area contributed by atoms with E-state index in [0.717, 1.165) is 43.1 Å². The molecule has 96 valence electrons. The highest BCUT2D eigenvalue weighted by Crippen LogP contribution is 2.11. The number of aromatic nitrogens is 3. The molecule has 0 aliphatic rings. The van der Waals surface area contributed by atoms with Crippen molar-refractivity contribution < 1.29 is 0 Å². The average molecular weight is 244 g/mol. The Balaban J connectivity index is 2.16. The predicted octanol–water partition coefficient (Wildman–Crippen LogP) is 2.33. The summed E-state index contributed by atoms with van der Waals surface area (Å²) in [5, 5.41) is 3.37. The predicted molar refractivity (Wildman–Crippen MR) is 72.7 cm³/mol. The molecule has 2 heterocycles. The molecule has 1 N–H and O–H groups in total. The fourth-order valence-corrected chi connectivity index (χ4v) is 1.94. The van der Waals surface area contributed by atoms with Crippen LogP contribution in [0.4, 0.5) is 0 Å². The fourth-order valence-electron chi connectivity index (χ4n) is 1.94. The van der Waals surface area contributed by atoms with E-state index in [2.05, 4.69) is 39.8 Å². The van der Waals surface area contributed by atoms with Gasteiger partial charge in [0.1, 0.15) is 5.82 Å². The molecular formula is C14H20N4. The lowest BCUT2D eigenvalue weighted by atomic mass is 10.3. The van der Waals surface area contributed by atoms with Crippen LogP contribution in [0.15, 0.2) is 30.7 Å². The maximum atomic E-state index is 4.38. The van der Waals surface area contributed by atoms with E-state index < -0.39 is 0 Å². The second-order valence-electron chi connectivity index (χ2n) is 4.25. The molecule has 4 heteroatoms. The molecule has 0 radical (unpaired) electrons. The zero-order valence-corrected chi connectivity index (χ0v) is 11.1. The first-order valence-corrected chi connectivity index (χ1v) is 6.53. The van der Waals surface area contributed by atoms with Gasteiger partial charge in [-0.25, -0.2) is 4.98 Å². The van der Waals surface area contributed by atoms with Crippen LogP contribution in [0.25, 0.3) is 5.69 Å². The number of rotatable bonds is 6. The molecule has 2 aromatic heterocycles. The monoisotopic (exact) mass is 244 g/mol. The third-order valence-corrected chi connectivity index (χ3v) is 2.84. The first-order valence-electron chi connectivity index (χ1n) is 6.53. The topological polar surface area (TPSA) is 42.7 Å². The Bertz CT molecular complexity index is 490. The Hall–Kier alpha value is -1.68. The van der Waals surface area contributed by atoms with Gasteiger partial charge >= 0.3 is 0 Å². The molecule has 0 aliphatic carbocycles. The fraction of sp³-hybridized carbons (Fsp3) is 0.429. The van der Waals surface area contributed by atoms with Crippen LogP contribution in [-0.4, -0.2) is 21.1 Å². The van der Waals surface area contributed by atoms with Crippen LogP contribution < -0.4 is 5.32 Å². The first kappa shape index (κ1) is 12.8. The summed E-state index contributed by atoms with van der Waals surface area (Å²) in [4.78, 5) is 8.72. The van der Waals surface area contributed by atoms with Crippen molar-refractivity contribution in [3.8, 4) is 5.69 Å². The van der Waals surface area contributed by atoms with E-state index in [0.29, 0.717) is 0 Å². The standard InChI is InChI=1S/C14H20N4/c1-3-6-15-11-12-10-13(5-7-16-12)18-9-8-17-14(18)4-2/h5,7-10,15H,3-4,6,11H2,1-2H3. The van der Waals surface area contributed by atoms with Gasteiger partial charge in [-0.05, 0) is 25.1 Å². The molecule has 0 aromatic carbocycles. The number of imidazole rings is 1. The summed E-state index contributed by atoms with van der Waals surface area (Å²) >= 11 is 0. The maximum absolute atomic E-state index is 4.38. The minimum absolute atomic E-state index is 0.817. The first-order chi connectivity index (χ1) is 8.85. The van der Waals surface area contributed by atoms with Crippen LogP contribution in [0.1, 0.15) is 31.8 Å². The SMILES string of the molecule is CCCNCc1cc(-n2ccnc2CC)ccn1. The molecule has 18 heavy (non-hydrogen) atoms. The molecule has 2 rings (SSSR count). The second kappa shape index (κ2) is 6.31. The van der Waals surface area contributed by atoms with Crippen molar-refractivity contribution >= 4 is 0 Å². The number of nitrogens with zero attached hydrogens (tertiary/aromatic N) is 3. The van der Waals surface area contributed by atoms with Gasteiger partial charge in [0.25, 0.3) is 0 Å². The van der Waals surface area contributed by atoms with E-state index in [1.807, 2.05) is 24.7 Å². The molecule has 0 aliphatic heterocycles. The van der Waals surface area contributed by atoms with Gasteiger partial charge in [-0.15, -0.1) is 0 Å². The highest BCUT2D eigenvalue weighted by Gasteiger charge is 2.04. The smallest absolute Gasteiger partial charge is 0.112 e. The van der Waals surface area contributed by atoms with E-state index in [4.69, 9.17) is 0 Å². The van der Waals surface area contributed by atoms with Crippen molar-refractivity contribution in [2.75, 3.05) is 6.54 Å². The second-order valence-corrected chi connectivity index (χ2v) is 4.25. The Morgan fingerprint density at radius 2 is 2.11 bits per heavy atom. The molecular weight excluding hydrogens is 224 g/mol. The summed E-state index contributed by atoms with van der Waals surface area (Å²) in [7, 11) is 0.